The van der Waals surface area contributed by atoms with Gasteiger partial charge in [0.2, 0.25) is 0 Å². The third kappa shape index (κ3) is 7.47. The molecule has 0 N–H and O–H groups in total. The van der Waals surface area contributed by atoms with Crippen molar-refractivity contribution in [3.63, 3.8) is 0 Å². The van der Waals surface area contributed by atoms with Crippen LogP contribution in [0, 0.1) is 0 Å². The molecule has 0 atom stereocenters. The van der Waals surface area contributed by atoms with Crippen molar-refractivity contribution in [3.05, 3.63) is 131 Å². The van der Waals surface area contributed by atoms with Gasteiger partial charge in [-0.3, -0.25) is 4.79 Å². The van der Waals surface area contributed by atoms with Crippen molar-refractivity contribution in [3.8, 4) is 11.5 Å². The Kier molecular flexibility index (Phi) is 9.15. The average molecular weight is 481 g/mol. The number of unbranched alkanes of at least 4 members (excludes halogenated alkanes) is 1. The van der Waals surface area contributed by atoms with E-state index >= 15 is 0 Å². The predicted molar refractivity (Wildman–Crippen MR) is 142 cm³/mol. The fourth-order valence-corrected chi connectivity index (χ4v) is 3.80. The maximum atomic E-state index is 12.4. The molecule has 0 unspecified atom stereocenters. The lowest BCUT2D eigenvalue weighted by Gasteiger charge is -2.20. The van der Waals surface area contributed by atoms with Gasteiger partial charge in [0.25, 0.3) is 0 Å². The van der Waals surface area contributed by atoms with Crippen LogP contribution < -0.4 is 9.47 Å². The summed E-state index contributed by atoms with van der Waals surface area (Å²) >= 11 is 0. The predicted octanol–water partition coefficient (Wildman–Crippen LogP) is 7.32. The van der Waals surface area contributed by atoms with Gasteiger partial charge in [-0.25, -0.2) is 0 Å². The Hall–Kier alpha value is -4.05. The molecule has 0 aromatic heterocycles. The Balaban J connectivity index is 1.30. The molecule has 4 aromatic carbocycles. The van der Waals surface area contributed by atoms with Crippen LogP contribution in [0.2, 0.25) is 0 Å². The minimum atomic E-state index is -0.265. The van der Waals surface area contributed by atoms with Crippen molar-refractivity contribution in [2.45, 2.75) is 38.9 Å². The van der Waals surface area contributed by atoms with Gasteiger partial charge in [0.1, 0.15) is 24.2 Å². The number of rotatable bonds is 12. The molecule has 4 heteroatoms. The molecule has 0 amide bonds. The van der Waals surface area contributed by atoms with Crippen molar-refractivity contribution < 1.29 is 19.0 Å². The zero-order chi connectivity index (χ0) is 25.0. The number of benzene rings is 4. The van der Waals surface area contributed by atoms with Crippen LogP contribution in [0.25, 0.3) is 0 Å². The molecule has 4 nitrogen and oxygen atoms in total. The summed E-state index contributed by atoms with van der Waals surface area (Å²) in [6, 6.07) is 35.6. The highest BCUT2D eigenvalue weighted by Crippen LogP contribution is 2.28. The zero-order valence-corrected chi connectivity index (χ0v) is 20.6. The molecule has 0 saturated carbocycles. The second-order valence-corrected chi connectivity index (χ2v) is 8.65. The van der Waals surface area contributed by atoms with Gasteiger partial charge in [-0.1, -0.05) is 98.3 Å². The first-order valence-corrected chi connectivity index (χ1v) is 12.4. The molecule has 184 valence electrons. The number of carbonyl (C=O) groups is 1. The number of hydrogen-bond acceptors (Lipinski definition) is 4. The van der Waals surface area contributed by atoms with Gasteiger partial charge in [0.15, 0.2) is 0 Å². The normalized spacial score (nSPS) is 10.7. The highest BCUT2D eigenvalue weighted by Gasteiger charge is 2.16. The van der Waals surface area contributed by atoms with E-state index in [0.717, 1.165) is 46.6 Å². The van der Waals surface area contributed by atoms with E-state index < -0.39 is 0 Å². The Morgan fingerprint density at radius 1 is 0.694 bits per heavy atom. The van der Waals surface area contributed by atoms with Crippen LogP contribution in [0.3, 0.4) is 0 Å². The van der Waals surface area contributed by atoms with Gasteiger partial charge >= 0.3 is 5.97 Å². The summed E-state index contributed by atoms with van der Waals surface area (Å²) in [7, 11) is 0. The summed E-state index contributed by atoms with van der Waals surface area (Å²) in [5, 5.41) is 0. The van der Waals surface area contributed by atoms with E-state index in [0.29, 0.717) is 6.61 Å². The van der Waals surface area contributed by atoms with Gasteiger partial charge in [0.05, 0.1) is 13.0 Å². The number of ether oxygens (including phenoxy) is 3. The van der Waals surface area contributed by atoms with Crippen LogP contribution >= 0.6 is 0 Å². The third-order valence-electron chi connectivity index (χ3n) is 5.82. The first-order valence-electron chi connectivity index (χ1n) is 12.4. The molecule has 0 spiro atoms. The highest BCUT2D eigenvalue weighted by atomic mass is 16.5. The van der Waals surface area contributed by atoms with Crippen LogP contribution in [0.5, 0.6) is 11.5 Å². The minimum absolute atomic E-state index is 0.208. The van der Waals surface area contributed by atoms with Crippen molar-refractivity contribution in [1.29, 1.82) is 0 Å². The average Bonchev–Trinajstić information content (AvgIpc) is 2.93. The molecule has 0 aliphatic heterocycles. The molecular weight excluding hydrogens is 448 g/mol. The van der Waals surface area contributed by atoms with Gasteiger partial charge in [0, 0.05) is 0 Å². The molecule has 0 aliphatic rings. The van der Waals surface area contributed by atoms with Gasteiger partial charge in [-0.15, -0.1) is 0 Å². The van der Waals surface area contributed by atoms with Crippen LogP contribution in [0.1, 0.15) is 48.1 Å². The Morgan fingerprint density at radius 3 is 1.83 bits per heavy atom. The Bertz CT molecular complexity index is 1150. The van der Waals surface area contributed by atoms with E-state index in [1.807, 2.05) is 84.9 Å². The third-order valence-corrected chi connectivity index (χ3v) is 5.82. The SMILES string of the molecule is CCCCOc1ccc(COC(=O)Cc2ccc(OC(c3ccccc3)c3ccccc3)cc2)cc1. The molecule has 0 bridgehead atoms. The van der Waals surface area contributed by atoms with Crippen LogP contribution in [0.15, 0.2) is 109 Å². The smallest absolute Gasteiger partial charge is 0.310 e. The van der Waals surface area contributed by atoms with Crippen LogP contribution in [-0.2, 0) is 22.6 Å². The fraction of sp³-hybridized carbons (Fsp3) is 0.219. The van der Waals surface area contributed by atoms with Gasteiger partial charge in [-0.05, 0) is 52.9 Å². The summed E-state index contributed by atoms with van der Waals surface area (Å²) in [6.07, 6.45) is 2.13. The first-order chi connectivity index (χ1) is 17.7. The molecule has 0 heterocycles. The lowest BCUT2D eigenvalue weighted by molar-refractivity contribution is -0.144. The standard InChI is InChI=1S/C32H32O4/c1-2-3-22-34-29-18-16-26(17-19-29)24-35-31(33)23-25-14-20-30(21-15-25)36-32(27-10-6-4-7-11-27)28-12-8-5-9-13-28/h4-21,32H,2-3,22-24H2,1H3. The van der Waals surface area contributed by atoms with Gasteiger partial charge in [-0.2, -0.15) is 0 Å². The van der Waals surface area contributed by atoms with Crippen molar-refractivity contribution >= 4 is 5.97 Å². The molecule has 36 heavy (non-hydrogen) atoms. The summed E-state index contributed by atoms with van der Waals surface area (Å²) in [4.78, 5) is 12.4. The Morgan fingerprint density at radius 2 is 1.25 bits per heavy atom. The van der Waals surface area contributed by atoms with Crippen molar-refractivity contribution in [2.24, 2.45) is 0 Å². The molecule has 0 radical (unpaired) electrons. The molecule has 4 aromatic rings. The molecule has 0 saturated heterocycles. The largest absolute Gasteiger partial charge is 0.494 e. The van der Waals surface area contributed by atoms with E-state index in [1.54, 1.807) is 0 Å². The second-order valence-electron chi connectivity index (χ2n) is 8.65. The maximum Gasteiger partial charge on any atom is 0.310 e. The molecular formula is C32H32O4. The number of hydrogen-bond donors (Lipinski definition) is 0. The van der Waals surface area contributed by atoms with E-state index in [-0.39, 0.29) is 25.1 Å². The minimum Gasteiger partial charge on any atom is -0.494 e. The fourth-order valence-electron chi connectivity index (χ4n) is 3.80. The second kappa shape index (κ2) is 13.1. The highest BCUT2D eigenvalue weighted by molar-refractivity contribution is 5.72. The Labute approximate surface area is 213 Å². The number of carbonyl (C=O) groups excluding carboxylic acids is 1. The lowest BCUT2D eigenvalue weighted by atomic mass is 10.0. The monoisotopic (exact) mass is 480 g/mol. The zero-order valence-electron chi connectivity index (χ0n) is 20.6. The van der Waals surface area contributed by atoms with Crippen LogP contribution in [0.4, 0.5) is 0 Å². The maximum absolute atomic E-state index is 12.4. The first kappa shape index (κ1) is 25.1. The van der Waals surface area contributed by atoms with Crippen molar-refractivity contribution in [2.75, 3.05) is 6.61 Å². The summed E-state index contributed by atoms with van der Waals surface area (Å²) in [6.45, 7) is 3.09. The van der Waals surface area contributed by atoms with E-state index in [1.165, 1.54) is 0 Å². The quantitative estimate of drug-likeness (QED) is 0.157. The molecule has 0 fully saturated rings. The topological polar surface area (TPSA) is 44.8 Å². The summed E-state index contributed by atoms with van der Waals surface area (Å²) < 4.78 is 17.5. The molecule has 0 aliphatic carbocycles. The summed E-state index contributed by atoms with van der Waals surface area (Å²) in [5.41, 5.74) is 3.97. The van der Waals surface area contributed by atoms with Crippen LogP contribution in [-0.4, -0.2) is 12.6 Å². The van der Waals surface area contributed by atoms with E-state index in [9.17, 15) is 4.79 Å². The lowest BCUT2D eigenvalue weighted by Crippen LogP contribution is -2.10. The number of esters is 1. The molecule has 4 rings (SSSR count). The van der Waals surface area contributed by atoms with E-state index in [4.69, 9.17) is 14.2 Å². The summed E-state index contributed by atoms with van der Waals surface area (Å²) in [5.74, 6) is 1.31. The van der Waals surface area contributed by atoms with Crippen molar-refractivity contribution in [1.82, 2.24) is 0 Å². The van der Waals surface area contributed by atoms with Gasteiger partial charge < -0.3 is 14.2 Å². The van der Waals surface area contributed by atoms with E-state index in [2.05, 4.69) is 31.2 Å².